The van der Waals surface area contributed by atoms with Gasteiger partial charge in [0.15, 0.2) is 0 Å². The molecule has 1 aromatic carbocycles. The maximum atomic E-state index is 10.7. The molecule has 0 saturated carbocycles. The number of nitrogens with one attached hydrogen (secondary N) is 1. The van der Waals surface area contributed by atoms with E-state index in [-0.39, 0.29) is 5.69 Å². The van der Waals surface area contributed by atoms with Gasteiger partial charge in [0.05, 0.1) is 4.92 Å². The lowest BCUT2D eigenvalue weighted by molar-refractivity contribution is -0.384. The van der Waals surface area contributed by atoms with E-state index in [9.17, 15) is 10.1 Å². The van der Waals surface area contributed by atoms with Gasteiger partial charge in [-0.1, -0.05) is 25.4 Å². The van der Waals surface area contributed by atoms with Gasteiger partial charge in [0.1, 0.15) is 0 Å². The molecule has 94 valence electrons. The lowest BCUT2D eigenvalue weighted by atomic mass is 10.1. The van der Waals surface area contributed by atoms with Gasteiger partial charge in [-0.05, 0) is 24.5 Å². The third-order valence-corrected chi connectivity index (χ3v) is 3.18. The number of non-ortho nitro benzene ring substituents is 1. The fourth-order valence-electron chi connectivity index (χ4n) is 1.64. The fraction of sp³-hybridized carbons (Fsp3) is 0.500. The quantitative estimate of drug-likeness (QED) is 0.626. The molecule has 1 aromatic rings. The summed E-state index contributed by atoms with van der Waals surface area (Å²) in [6.45, 7) is 4.78. The Bertz CT molecular complexity index is 392. The zero-order chi connectivity index (χ0) is 12.8. The van der Waals surface area contributed by atoms with E-state index in [4.69, 9.17) is 11.6 Å². The van der Waals surface area contributed by atoms with Gasteiger partial charge >= 0.3 is 0 Å². The van der Waals surface area contributed by atoms with Crippen molar-refractivity contribution in [2.45, 2.75) is 39.3 Å². The second kappa shape index (κ2) is 6.57. The number of rotatable bonds is 6. The second-order valence-electron chi connectivity index (χ2n) is 3.93. The van der Waals surface area contributed by atoms with Crippen molar-refractivity contribution in [1.82, 2.24) is 5.32 Å². The average Bonchev–Trinajstić information content (AvgIpc) is 2.32. The van der Waals surface area contributed by atoms with Crippen LogP contribution in [0.4, 0.5) is 5.69 Å². The molecular weight excluding hydrogens is 240 g/mol. The van der Waals surface area contributed by atoms with Crippen molar-refractivity contribution < 1.29 is 4.92 Å². The maximum absolute atomic E-state index is 10.7. The highest BCUT2D eigenvalue weighted by Crippen LogP contribution is 2.22. The summed E-state index contributed by atoms with van der Waals surface area (Å²) >= 11 is 6.01. The van der Waals surface area contributed by atoms with Crippen molar-refractivity contribution in [3.05, 3.63) is 38.9 Å². The summed E-state index contributed by atoms with van der Waals surface area (Å²) in [7, 11) is 0. The zero-order valence-electron chi connectivity index (χ0n) is 10.1. The molecule has 0 radical (unpaired) electrons. The van der Waals surface area contributed by atoms with Crippen LogP contribution in [0.25, 0.3) is 0 Å². The molecule has 4 nitrogen and oxygen atoms in total. The highest BCUT2D eigenvalue weighted by molar-refractivity contribution is 6.31. The van der Waals surface area contributed by atoms with Crippen molar-refractivity contribution in [2.24, 2.45) is 0 Å². The summed E-state index contributed by atoms with van der Waals surface area (Å²) in [6.07, 6.45) is 2.06. The van der Waals surface area contributed by atoms with Gasteiger partial charge < -0.3 is 5.32 Å². The van der Waals surface area contributed by atoms with Crippen LogP contribution < -0.4 is 5.32 Å². The van der Waals surface area contributed by atoms with Crippen LogP contribution in [-0.2, 0) is 6.54 Å². The van der Waals surface area contributed by atoms with Crippen molar-refractivity contribution >= 4 is 17.3 Å². The SMILES string of the molecule is CCC(CC)NCc1cc([N+](=O)[O-])ccc1Cl. The average molecular weight is 257 g/mol. The Kier molecular flexibility index (Phi) is 5.38. The number of nitrogens with zero attached hydrogens (tertiary/aromatic N) is 1. The van der Waals surface area contributed by atoms with E-state index in [0.29, 0.717) is 17.6 Å². The molecule has 0 unspecified atom stereocenters. The molecule has 1 rings (SSSR count). The topological polar surface area (TPSA) is 55.2 Å². The summed E-state index contributed by atoms with van der Waals surface area (Å²) in [5.74, 6) is 0. The molecular formula is C12H17ClN2O2. The fourth-order valence-corrected chi connectivity index (χ4v) is 1.83. The predicted molar refractivity (Wildman–Crippen MR) is 69.3 cm³/mol. The number of nitro groups is 1. The third kappa shape index (κ3) is 3.98. The van der Waals surface area contributed by atoms with Gasteiger partial charge in [0, 0.05) is 29.7 Å². The molecule has 0 aliphatic heterocycles. The first-order valence-electron chi connectivity index (χ1n) is 5.74. The third-order valence-electron chi connectivity index (χ3n) is 2.81. The molecule has 17 heavy (non-hydrogen) atoms. The monoisotopic (exact) mass is 256 g/mol. The van der Waals surface area contributed by atoms with Gasteiger partial charge in [-0.2, -0.15) is 0 Å². The van der Waals surface area contributed by atoms with Crippen LogP contribution in [0.3, 0.4) is 0 Å². The first-order valence-corrected chi connectivity index (χ1v) is 6.12. The van der Waals surface area contributed by atoms with Gasteiger partial charge in [-0.15, -0.1) is 0 Å². The minimum absolute atomic E-state index is 0.0794. The summed E-state index contributed by atoms with van der Waals surface area (Å²) in [4.78, 5) is 10.3. The van der Waals surface area contributed by atoms with E-state index in [1.54, 1.807) is 6.07 Å². The van der Waals surface area contributed by atoms with E-state index < -0.39 is 4.92 Å². The molecule has 0 aliphatic rings. The Hall–Kier alpha value is -1.13. The van der Waals surface area contributed by atoms with Gasteiger partial charge in [-0.3, -0.25) is 10.1 Å². The summed E-state index contributed by atoms with van der Waals surface area (Å²) in [5, 5.41) is 14.6. The van der Waals surface area contributed by atoms with E-state index in [0.717, 1.165) is 18.4 Å². The molecule has 0 bridgehead atoms. The molecule has 0 atom stereocenters. The Morgan fingerprint density at radius 2 is 2.06 bits per heavy atom. The molecule has 0 amide bonds. The Balaban J connectivity index is 2.75. The minimum Gasteiger partial charge on any atom is -0.310 e. The Morgan fingerprint density at radius 3 is 2.59 bits per heavy atom. The molecule has 5 heteroatoms. The van der Waals surface area contributed by atoms with Crippen molar-refractivity contribution in [2.75, 3.05) is 0 Å². The first-order chi connectivity index (χ1) is 8.08. The summed E-state index contributed by atoms with van der Waals surface area (Å²) < 4.78 is 0. The van der Waals surface area contributed by atoms with Crippen LogP contribution in [0.1, 0.15) is 32.3 Å². The van der Waals surface area contributed by atoms with E-state index in [1.807, 2.05) is 0 Å². The van der Waals surface area contributed by atoms with Gasteiger partial charge in [0.2, 0.25) is 0 Å². The lowest BCUT2D eigenvalue weighted by Crippen LogP contribution is -2.27. The largest absolute Gasteiger partial charge is 0.310 e. The zero-order valence-corrected chi connectivity index (χ0v) is 10.8. The Labute approximate surface area is 106 Å². The van der Waals surface area contributed by atoms with Crippen LogP contribution in [0.2, 0.25) is 5.02 Å². The molecule has 0 spiro atoms. The van der Waals surface area contributed by atoms with Crippen molar-refractivity contribution in [3.8, 4) is 0 Å². The first kappa shape index (κ1) is 13.9. The van der Waals surface area contributed by atoms with E-state index in [1.165, 1.54) is 12.1 Å². The highest BCUT2D eigenvalue weighted by atomic mass is 35.5. The molecule has 0 aliphatic carbocycles. The van der Waals surface area contributed by atoms with Crippen LogP contribution >= 0.6 is 11.6 Å². The minimum atomic E-state index is -0.406. The Morgan fingerprint density at radius 1 is 1.41 bits per heavy atom. The number of hydrogen-bond donors (Lipinski definition) is 1. The smallest absolute Gasteiger partial charge is 0.269 e. The summed E-state index contributed by atoms with van der Waals surface area (Å²) in [6, 6.07) is 4.94. The second-order valence-corrected chi connectivity index (χ2v) is 4.33. The lowest BCUT2D eigenvalue weighted by Gasteiger charge is -2.15. The van der Waals surface area contributed by atoms with Crippen LogP contribution in [0.15, 0.2) is 18.2 Å². The van der Waals surface area contributed by atoms with Crippen molar-refractivity contribution in [3.63, 3.8) is 0 Å². The van der Waals surface area contributed by atoms with Crippen molar-refractivity contribution in [1.29, 1.82) is 0 Å². The van der Waals surface area contributed by atoms with E-state index >= 15 is 0 Å². The molecule has 0 heterocycles. The molecule has 1 N–H and O–H groups in total. The number of hydrogen-bond acceptors (Lipinski definition) is 3. The number of benzene rings is 1. The normalized spacial score (nSPS) is 10.8. The van der Waals surface area contributed by atoms with E-state index in [2.05, 4.69) is 19.2 Å². The predicted octanol–water partition coefficient (Wildman–Crippen LogP) is 3.53. The maximum Gasteiger partial charge on any atom is 0.269 e. The molecule has 0 saturated heterocycles. The molecule has 0 fully saturated rings. The number of halogens is 1. The molecule has 0 aromatic heterocycles. The van der Waals surface area contributed by atoms with Gasteiger partial charge in [-0.25, -0.2) is 0 Å². The van der Waals surface area contributed by atoms with Crippen LogP contribution in [-0.4, -0.2) is 11.0 Å². The van der Waals surface area contributed by atoms with Crippen LogP contribution in [0, 0.1) is 10.1 Å². The number of nitro benzene ring substituents is 1. The standard InChI is InChI=1S/C12H17ClN2O2/c1-3-10(4-2)14-8-9-7-11(15(16)17)5-6-12(9)13/h5-7,10,14H,3-4,8H2,1-2H3. The van der Waals surface area contributed by atoms with Gasteiger partial charge in [0.25, 0.3) is 5.69 Å². The summed E-state index contributed by atoms with van der Waals surface area (Å²) in [5.41, 5.74) is 0.850. The highest BCUT2D eigenvalue weighted by Gasteiger charge is 2.10. The van der Waals surface area contributed by atoms with Crippen LogP contribution in [0.5, 0.6) is 0 Å².